The van der Waals surface area contributed by atoms with Gasteiger partial charge in [0.05, 0.1) is 19.1 Å². The standard InChI is InChI=1S/C12H15BrN2O3/c13-9-6-14-11(15-1-3-18-4-2-15)10-7(9)5-8(10)12(16)17/h6-8,10H,1-5H2,(H,16,17)/t7?,8?,10-/m1/s1. The van der Waals surface area contributed by atoms with Gasteiger partial charge < -0.3 is 14.7 Å². The number of hydrogen-bond donors (Lipinski definition) is 1. The van der Waals surface area contributed by atoms with E-state index in [9.17, 15) is 9.90 Å². The second kappa shape index (κ2) is 4.66. The van der Waals surface area contributed by atoms with Crippen LogP contribution in [0.15, 0.2) is 15.7 Å². The van der Waals surface area contributed by atoms with Crippen LogP contribution in [-0.4, -0.2) is 48.1 Å². The van der Waals surface area contributed by atoms with Crippen LogP contribution < -0.4 is 0 Å². The molecule has 6 heteroatoms. The van der Waals surface area contributed by atoms with Crippen molar-refractivity contribution in [3.8, 4) is 0 Å². The average molecular weight is 315 g/mol. The molecule has 0 aromatic carbocycles. The number of morpholine rings is 1. The summed E-state index contributed by atoms with van der Waals surface area (Å²) >= 11 is 3.49. The van der Waals surface area contributed by atoms with E-state index in [1.54, 1.807) is 0 Å². The van der Waals surface area contributed by atoms with Crippen molar-refractivity contribution >= 4 is 27.7 Å². The van der Waals surface area contributed by atoms with Crippen molar-refractivity contribution in [2.24, 2.45) is 22.7 Å². The van der Waals surface area contributed by atoms with Gasteiger partial charge in [-0.3, -0.25) is 4.79 Å². The van der Waals surface area contributed by atoms with Gasteiger partial charge in [-0.15, -0.1) is 0 Å². The van der Waals surface area contributed by atoms with Crippen molar-refractivity contribution in [2.75, 3.05) is 26.3 Å². The molecule has 2 fully saturated rings. The maximum absolute atomic E-state index is 11.2. The molecule has 0 bridgehead atoms. The fourth-order valence-electron chi connectivity index (χ4n) is 2.94. The second-order valence-corrected chi connectivity index (χ2v) is 5.83. The van der Waals surface area contributed by atoms with Crippen molar-refractivity contribution in [1.82, 2.24) is 4.90 Å². The third-order valence-corrected chi connectivity index (χ3v) is 4.79. The molecule has 0 aromatic rings. The molecule has 0 aromatic heterocycles. The number of nitrogens with zero attached hydrogens (tertiary/aromatic N) is 2. The van der Waals surface area contributed by atoms with Gasteiger partial charge in [0.1, 0.15) is 5.84 Å². The van der Waals surface area contributed by atoms with Gasteiger partial charge in [-0.05, 0) is 6.42 Å². The highest BCUT2D eigenvalue weighted by atomic mass is 79.9. The summed E-state index contributed by atoms with van der Waals surface area (Å²) in [6.45, 7) is 3.00. The Kier molecular flexibility index (Phi) is 3.15. The van der Waals surface area contributed by atoms with Crippen molar-refractivity contribution in [2.45, 2.75) is 6.42 Å². The van der Waals surface area contributed by atoms with Crippen LogP contribution in [0.1, 0.15) is 6.42 Å². The van der Waals surface area contributed by atoms with Crippen LogP contribution in [0.25, 0.3) is 0 Å². The summed E-state index contributed by atoms with van der Waals surface area (Å²) in [6.07, 6.45) is 2.53. The van der Waals surface area contributed by atoms with Crippen LogP contribution in [0.3, 0.4) is 0 Å². The van der Waals surface area contributed by atoms with E-state index in [1.807, 2.05) is 6.20 Å². The van der Waals surface area contributed by atoms with Crippen molar-refractivity contribution in [1.29, 1.82) is 0 Å². The van der Waals surface area contributed by atoms with E-state index in [1.165, 1.54) is 0 Å². The Morgan fingerprint density at radius 3 is 2.89 bits per heavy atom. The van der Waals surface area contributed by atoms with Gasteiger partial charge in [-0.25, -0.2) is 4.99 Å². The number of carboxylic acids is 1. The first-order chi connectivity index (χ1) is 8.68. The van der Waals surface area contributed by atoms with Gasteiger partial charge in [0.15, 0.2) is 0 Å². The number of carboxylic acid groups (broad SMARTS) is 1. The van der Waals surface area contributed by atoms with E-state index in [-0.39, 0.29) is 11.8 Å². The minimum atomic E-state index is -0.709. The Hall–Kier alpha value is -0.880. The number of allylic oxidation sites excluding steroid dienone is 1. The van der Waals surface area contributed by atoms with Crippen LogP contribution in [0.4, 0.5) is 0 Å². The van der Waals surface area contributed by atoms with E-state index in [2.05, 4.69) is 25.8 Å². The van der Waals surface area contributed by atoms with Gasteiger partial charge in [-0.1, -0.05) is 15.9 Å². The molecule has 0 amide bonds. The van der Waals surface area contributed by atoms with Crippen LogP contribution >= 0.6 is 15.9 Å². The molecular weight excluding hydrogens is 300 g/mol. The minimum Gasteiger partial charge on any atom is -0.481 e. The first-order valence-electron chi connectivity index (χ1n) is 6.17. The largest absolute Gasteiger partial charge is 0.481 e. The topological polar surface area (TPSA) is 62.1 Å². The monoisotopic (exact) mass is 314 g/mol. The van der Waals surface area contributed by atoms with Gasteiger partial charge in [0.2, 0.25) is 0 Å². The third-order valence-electron chi connectivity index (χ3n) is 4.00. The smallest absolute Gasteiger partial charge is 0.307 e. The van der Waals surface area contributed by atoms with Gasteiger partial charge in [-0.2, -0.15) is 0 Å². The summed E-state index contributed by atoms with van der Waals surface area (Å²) in [6, 6.07) is 0. The summed E-state index contributed by atoms with van der Waals surface area (Å²) < 4.78 is 6.36. The van der Waals surface area contributed by atoms with Crippen LogP contribution in [-0.2, 0) is 9.53 Å². The fourth-order valence-corrected chi connectivity index (χ4v) is 3.52. The zero-order valence-corrected chi connectivity index (χ0v) is 11.5. The Labute approximate surface area is 114 Å². The zero-order valence-electron chi connectivity index (χ0n) is 9.88. The summed E-state index contributed by atoms with van der Waals surface area (Å²) in [5, 5.41) is 9.24. The zero-order chi connectivity index (χ0) is 12.7. The van der Waals surface area contributed by atoms with E-state index >= 15 is 0 Å². The molecule has 2 unspecified atom stereocenters. The molecule has 1 aliphatic carbocycles. The molecule has 2 heterocycles. The number of aliphatic carboxylic acids is 1. The number of amidine groups is 1. The minimum absolute atomic E-state index is 0.0278. The molecule has 98 valence electrons. The van der Waals surface area contributed by atoms with Crippen LogP contribution in [0.2, 0.25) is 0 Å². The van der Waals surface area contributed by atoms with Crippen LogP contribution in [0.5, 0.6) is 0 Å². The molecule has 1 saturated carbocycles. The quantitative estimate of drug-likeness (QED) is 0.792. The highest BCUT2D eigenvalue weighted by Crippen LogP contribution is 2.49. The lowest BCUT2D eigenvalue weighted by molar-refractivity contribution is -0.148. The molecule has 0 spiro atoms. The predicted octanol–water partition coefficient (Wildman–Crippen LogP) is 1.30. The number of hydrogen-bond acceptors (Lipinski definition) is 4. The van der Waals surface area contributed by atoms with Gasteiger partial charge >= 0.3 is 5.97 Å². The molecule has 5 nitrogen and oxygen atoms in total. The number of rotatable bonds is 1. The van der Waals surface area contributed by atoms with E-state index in [0.29, 0.717) is 25.6 Å². The molecule has 18 heavy (non-hydrogen) atoms. The first kappa shape index (κ1) is 12.2. The number of halogens is 1. The summed E-state index contributed by atoms with van der Waals surface area (Å²) in [4.78, 5) is 17.9. The lowest BCUT2D eigenvalue weighted by atomic mass is 9.63. The Morgan fingerprint density at radius 1 is 1.50 bits per heavy atom. The third kappa shape index (κ3) is 1.87. The van der Waals surface area contributed by atoms with Gasteiger partial charge in [0, 0.05) is 35.6 Å². The molecule has 2 aliphatic heterocycles. The maximum Gasteiger partial charge on any atom is 0.307 e. The van der Waals surface area contributed by atoms with Crippen molar-refractivity contribution in [3.63, 3.8) is 0 Å². The molecule has 3 rings (SSSR count). The Bertz CT molecular complexity index is 425. The maximum atomic E-state index is 11.2. The summed E-state index contributed by atoms with van der Waals surface area (Å²) in [5.41, 5.74) is 0. The number of carbonyl (C=O) groups is 1. The Balaban J connectivity index is 1.84. The number of fused-ring (bicyclic) bond motifs is 1. The lowest BCUT2D eigenvalue weighted by Crippen LogP contribution is -2.55. The molecule has 1 N–H and O–H groups in total. The average Bonchev–Trinajstić information content (AvgIpc) is 2.32. The van der Waals surface area contributed by atoms with Crippen LogP contribution in [0, 0.1) is 17.8 Å². The highest BCUT2D eigenvalue weighted by molar-refractivity contribution is 9.11. The second-order valence-electron chi connectivity index (χ2n) is 4.91. The first-order valence-corrected chi connectivity index (χ1v) is 6.96. The van der Waals surface area contributed by atoms with E-state index < -0.39 is 5.97 Å². The lowest BCUT2D eigenvalue weighted by Gasteiger charge is -2.47. The normalized spacial score (nSPS) is 35.2. The molecule has 1 saturated heterocycles. The summed E-state index contributed by atoms with van der Waals surface area (Å²) in [5.74, 6) is 0.254. The highest BCUT2D eigenvalue weighted by Gasteiger charge is 2.51. The van der Waals surface area contributed by atoms with E-state index in [0.717, 1.165) is 23.4 Å². The Morgan fingerprint density at radius 2 is 2.22 bits per heavy atom. The summed E-state index contributed by atoms with van der Waals surface area (Å²) in [7, 11) is 0. The van der Waals surface area contributed by atoms with E-state index in [4.69, 9.17) is 4.74 Å². The number of aliphatic imine (C=N–C) groups is 1. The van der Waals surface area contributed by atoms with Gasteiger partial charge in [0.25, 0.3) is 0 Å². The molecule has 3 atom stereocenters. The fraction of sp³-hybridized carbons (Fsp3) is 0.667. The predicted molar refractivity (Wildman–Crippen MR) is 69.6 cm³/mol. The molecule has 3 aliphatic rings. The SMILES string of the molecule is O=C(O)C1CC2C(Br)=CN=C(N3CCOCC3)[C@@H]12. The number of ether oxygens (including phenoxy) is 1. The van der Waals surface area contributed by atoms with Crippen molar-refractivity contribution in [3.05, 3.63) is 10.7 Å². The molecule has 0 radical (unpaired) electrons. The van der Waals surface area contributed by atoms with Crippen molar-refractivity contribution < 1.29 is 14.6 Å². The molecular formula is C12H15BrN2O3.